The van der Waals surface area contributed by atoms with Crippen LogP contribution in [-0.2, 0) is 20.9 Å². The molecule has 1 heterocycles. The summed E-state index contributed by atoms with van der Waals surface area (Å²) in [5.74, 6) is 0.419. The van der Waals surface area contributed by atoms with Crippen molar-refractivity contribution < 1.29 is 24.2 Å². The lowest BCUT2D eigenvalue weighted by atomic mass is 9.85. The molecule has 0 radical (unpaired) electrons. The molecule has 1 aromatic rings. The molecule has 3 atom stereocenters. The van der Waals surface area contributed by atoms with Gasteiger partial charge in [-0.15, -0.1) is 0 Å². The summed E-state index contributed by atoms with van der Waals surface area (Å²) in [6.07, 6.45) is 2.00. The average Bonchev–Trinajstić information content (AvgIpc) is 3.05. The standard InChI is InChI=1S/C28H46N2O5/c1-8-9-15-27(4,5)25(31)29-17-24-23(30(26(32)33)28(6,7)35-24)16-22(20(2)3)19-34-18-21-13-11-10-12-14-21/h10-14,20,22-24H,8-9,15-19H2,1-7H3,(H,29,31)(H,32,33)/t22-,23?,24?/m1/s1. The number of hydrogen-bond acceptors (Lipinski definition) is 4. The fourth-order valence-corrected chi connectivity index (χ4v) is 4.79. The monoisotopic (exact) mass is 490 g/mol. The van der Waals surface area contributed by atoms with Gasteiger partial charge in [-0.25, -0.2) is 4.79 Å². The predicted molar refractivity (Wildman–Crippen MR) is 138 cm³/mol. The van der Waals surface area contributed by atoms with Gasteiger partial charge in [0, 0.05) is 12.0 Å². The van der Waals surface area contributed by atoms with Crippen molar-refractivity contribution in [2.24, 2.45) is 17.3 Å². The molecule has 1 saturated heterocycles. The number of carbonyl (C=O) groups excluding carboxylic acids is 1. The van der Waals surface area contributed by atoms with E-state index in [2.05, 4.69) is 26.1 Å². The van der Waals surface area contributed by atoms with Gasteiger partial charge < -0.3 is 19.9 Å². The summed E-state index contributed by atoms with van der Waals surface area (Å²) in [7, 11) is 0. The summed E-state index contributed by atoms with van der Waals surface area (Å²) in [6, 6.07) is 9.64. The van der Waals surface area contributed by atoms with E-state index in [1.165, 1.54) is 4.90 Å². The van der Waals surface area contributed by atoms with Crippen LogP contribution in [0.25, 0.3) is 0 Å². The van der Waals surface area contributed by atoms with Gasteiger partial charge in [0.1, 0.15) is 5.72 Å². The number of carbonyl (C=O) groups is 2. The molecule has 0 saturated carbocycles. The molecule has 7 heteroatoms. The number of ether oxygens (including phenoxy) is 2. The molecular formula is C28H46N2O5. The predicted octanol–water partition coefficient (Wildman–Crippen LogP) is 5.68. The minimum Gasteiger partial charge on any atom is -0.465 e. The van der Waals surface area contributed by atoms with Crippen molar-refractivity contribution in [3.05, 3.63) is 35.9 Å². The van der Waals surface area contributed by atoms with Crippen LogP contribution in [-0.4, -0.2) is 53.0 Å². The quantitative estimate of drug-likeness (QED) is 0.371. The Bertz CT molecular complexity index is 809. The highest BCUT2D eigenvalue weighted by molar-refractivity contribution is 5.81. The number of unbranched alkanes of at least 4 members (excludes halogenated alkanes) is 1. The first-order chi connectivity index (χ1) is 16.4. The van der Waals surface area contributed by atoms with Crippen LogP contribution in [0.15, 0.2) is 30.3 Å². The van der Waals surface area contributed by atoms with Crippen molar-refractivity contribution in [2.75, 3.05) is 13.2 Å². The van der Waals surface area contributed by atoms with Gasteiger partial charge in [0.25, 0.3) is 0 Å². The molecule has 35 heavy (non-hydrogen) atoms. The molecule has 2 unspecified atom stereocenters. The first kappa shape index (κ1) is 29.1. The van der Waals surface area contributed by atoms with Gasteiger partial charge in [-0.05, 0) is 44.1 Å². The number of rotatable bonds is 13. The van der Waals surface area contributed by atoms with E-state index < -0.39 is 23.3 Å². The van der Waals surface area contributed by atoms with Crippen LogP contribution in [0.2, 0.25) is 0 Å². The fourth-order valence-electron chi connectivity index (χ4n) is 4.79. The van der Waals surface area contributed by atoms with Crippen LogP contribution < -0.4 is 5.32 Å². The first-order valence-corrected chi connectivity index (χ1v) is 13.0. The van der Waals surface area contributed by atoms with E-state index in [4.69, 9.17) is 9.47 Å². The maximum Gasteiger partial charge on any atom is 0.409 e. The van der Waals surface area contributed by atoms with Crippen molar-refractivity contribution >= 4 is 12.0 Å². The highest BCUT2D eigenvalue weighted by Crippen LogP contribution is 2.37. The smallest absolute Gasteiger partial charge is 0.409 e. The minimum atomic E-state index is -1.01. The second-order valence-corrected chi connectivity index (χ2v) is 11.3. The zero-order valence-corrected chi connectivity index (χ0v) is 22.7. The Morgan fingerprint density at radius 3 is 2.46 bits per heavy atom. The van der Waals surface area contributed by atoms with E-state index in [9.17, 15) is 14.7 Å². The molecule has 1 aliphatic heterocycles. The molecule has 2 amide bonds. The molecule has 1 fully saturated rings. The lowest BCUT2D eigenvalue weighted by Crippen LogP contribution is -2.50. The van der Waals surface area contributed by atoms with E-state index in [0.29, 0.717) is 25.6 Å². The molecule has 0 spiro atoms. The SMILES string of the molecule is CCCCC(C)(C)C(=O)NCC1OC(C)(C)N(C(=O)O)C1C[C@H](COCc1ccccc1)C(C)C. The van der Waals surface area contributed by atoms with Crippen molar-refractivity contribution in [2.45, 2.75) is 98.6 Å². The molecule has 198 valence electrons. The summed E-state index contributed by atoms with van der Waals surface area (Å²) < 4.78 is 12.3. The van der Waals surface area contributed by atoms with Crippen LogP contribution in [0.5, 0.6) is 0 Å². The molecule has 2 rings (SSSR count). The number of hydrogen-bond donors (Lipinski definition) is 2. The van der Waals surface area contributed by atoms with Gasteiger partial charge in [0.2, 0.25) is 5.91 Å². The van der Waals surface area contributed by atoms with Crippen LogP contribution in [0, 0.1) is 17.3 Å². The van der Waals surface area contributed by atoms with Crippen molar-refractivity contribution in [3.8, 4) is 0 Å². The van der Waals surface area contributed by atoms with Crippen LogP contribution in [0.3, 0.4) is 0 Å². The van der Waals surface area contributed by atoms with E-state index in [1.54, 1.807) is 13.8 Å². The Kier molecular flexibility index (Phi) is 10.6. The molecule has 0 bridgehead atoms. The van der Waals surface area contributed by atoms with Crippen LogP contribution in [0.1, 0.15) is 79.7 Å². The van der Waals surface area contributed by atoms with Gasteiger partial charge in [-0.1, -0.05) is 77.8 Å². The van der Waals surface area contributed by atoms with Gasteiger partial charge in [-0.2, -0.15) is 0 Å². The number of benzene rings is 1. The highest BCUT2D eigenvalue weighted by atomic mass is 16.6. The Morgan fingerprint density at radius 1 is 1.23 bits per heavy atom. The van der Waals surface area contributed by atoms with Crippen molar-refractivity contribution in [1.29, 1.82) is 0 Å². The van der Waals surface area contributed by atoms with E-state index in [0.717, 1.165) is 24.8 Å². The van der Waals surface area contributed by atoms with Crippen molar-refractivity contribution in [3.63, 3.8) is 0 Å². The van der Waals surface area contributed by atoms with Gasteiger partial charge >= 0.3 is 6.09 Å². The van der Waals surface area contributed by atoms with E-state index >= 15 is 0 Å². The first-order valence-electron chi connectivity index (χ1n) is 13.0. The van der Waals surface area contributed by atoms with E-state index in [1.807, 2.05) is 44.2 Å². The van der Waals surface area contributed by atoms with Crippen molar-refractivity contribution in [1.82, 2.24) is 10.2 Å². The largest absolute Gasteiger partial charge is 0.465 e. The van der Waals surface area contributed by atoms with Crippen LogP contribution in [0.4, 0.5) is 4.79 Å². The number of carboxylic acid groups (broad SMARTS) is 1. The Labute approximate surface area is 211 Å². The lowest BCUT2D eigenvalue weighted by molar-refractivity contribution is -0.131. The number of nitrogens with one attached hydrogen (secondary N) is 1. The Hall–Kier alpha value is -2.12. The summed E-state index contributed by atoms with van der Waals surface area (Å²) in [5.41, 5.74) is -0.341. The Balaban J connectivity index is 2.11. The third kappa shape index (κ3) is 8.21. The minimum absolute atomic E-state index is 0.0218. The van der Waals surface area contributed by atoms with E-state index in [-0.39, 0.29) is 24.4 Å². The number of amides is 2. The lowest BCUT2D eigenvalue weighted by Gasteiger charge is -2.34. The second kappa shape index (κ2) is 12.7. The van der Waals surface area contributed by atoms with Crippen LogP contribution >= 0.6 is 0 Å². The summed E-state index contributed by atoms with van der Waals surface area (Å²) in [5, 5.41) is 13.1. The zero-order chi connectivity index (χ0) is 26.2. The summed E-state index contributed by atoms with van der Waals surface area (Å²) >= 11 is 0. The molecule has 0 aliphatic carbocycles. The normalized spacial score (nSPS) is 20.7. The third-order valence-corrected chi connectivity index (χ3v) is 7.15. The number of nitrogens with zero attached hydrogens (tertiary/aromatic N) is 1. The second-order valence-electron chi connectivity index (χ2n) is 11.3. The Morgan fingerprint density at radius 2 is 1.89 bits per heavy atom. The summed E-state index contributed by atoms with van der Waals surface area (Å²) in [6.45, 7) is 15.2. The molecule has 2 N–H and O–H groups in total. The van der Waals surface area contributed by atoms with Gasteiger partial charge in [0.15, 0.2) is 0 Å². The molecule has 1 aromatic carbocycles. The third-order valence-electron chi connectivity index (χ3n) is 7.15. The summed E-state index contributed by atoms with van der Waals surface area (Å²) in [4.78, 5) is 26.6. The molecule has 7 nitrogen and oxygen atoms in total. The topological polar surface area (TPSA) is 88.1 Å². The molecule has 0 aromatic heterocycles. The van der Waals surface area contributed by atoms with Gasteiger partial charge in [0.05, 0.1) is 25.4 Å². The average molecular weight is 491 g/mol. The maximum absolute atomic E-state index is 12.9. The van der Waals surface area contributed by atoms with Gasteiger partial charge in [-0.3, -0.25) is 9.69 Å². The zero-order valence-electron chi connectivity index (χ0n) is 22.7. The molecule has 1 aliphatic rings. The fraction of sp³-hybridized carbons (Fsp3) is 0.714. The highest BCUT2D eigenvalue weighted by Gasteiger charge is 2.50. The maximum atomic E-state index is 12.9. The molecular weight excluding hydrogens is 444 g/mol.